The number of aryl methyl sites for hydroxylation is 4. The first kappa shape index (κ1) is 122. The van der Waals surface area contributed by atoms with E-state index in [1.54, 1.807) is 132 Å². The van der Waals surface area contributed by atoms with Crippen LogP contribution in [0.15, 0.2) is 121 Å². The van der Waals surface area contributed by atoms with E-state index in [0.29, 0.717) is 88.2 Å². The maximum Gasteiger partial charge on any atom is 0.410 e. The first-order valence-corrected chi connectivity index (χ1v) is 56.0. The summed E-state index contributed by atoms with van der Waals surface area (Å²) in [6, 6.07) is 29.6. The van der Waals surface area contributed by atoms with Gasteiger partial charge in [-0.15, -0.1) is 0 Å². The second-order valence-corrected chi connectivity index (χ2v) is 47.2. The van der Waals surface area contributed by atoms with Gasteiger partial charge in [0.25, 0.3) is 0 Å². The molecule has 5 fully saturated rings. The zero-order valence-electron chi connectivity index (χ0n) is 85.4. The highest BCUT2D eigenvalue weighted by atomic mass is 35.5. The SMILES string of the molecule is CC.CC(C)(C)OC(=O)N1CC(C=O)C1.CCO.CCOP(=O)(CS(=O)(=O)NCc1ccc(OC)cc1)OCC.COc1ccc(CNS(=O)(=O)/C=C/C2CN(C(=O)OC(C)(C)C)C2)cc1.COc1ccc(CNS(=O)(=O)CCC2CN(C(=O)OC(C)(C)C)C2)cc1.Cc1cc2ncnc(Cl)c2cc1C.Cc1cc2ncnc(N3CC(CCS(N)(=O)=O)C3)c2cc1C.NS(=O)(=O)CCC1CNC1.[2H]CC. The van der Waals surface area contributed by atoms with Crippen molar-refractivity contribution in [2.75, 3.05) is 134 Å². The number of hydrogen-bond donors (Lipinski definition) is 7. The number of aromatic nitrogens is 4. The van der Waals surface area contributed by atoms with Crippen LogP contribution in [0.1, 0.15) is 170 Å². The van der Waals surface area contributed by atoms with Gasteiger partial charge in [0.2, 0.25) is 50.1 Å². The summed E-state index contributed by atoms with van der Waals surface area (Å²) in [6.45, 7) is 43.4. The summed E-state index contributed by atoms with van der Waals surface area (Å²) in [4.78, 5) is 68.9. The molecular formula is C94H150ClN14O24PS5. The molecule has 3 amide bonds. The lowest BCUT2D eigenvalue weighted by molar-refractivity contribution is -0.115. The summed E-state index contributed by atoms with van der Waals surface area (Å²) in [6.07, 6.45) is 6.35. The minimum atomic E-state index is -3.79. The van der Waals surface area contributed by atoms with Gasteiger partial charge in [-0.05, 0) is 260 Å². The molecule has 5 saturated heterocycles. The van der Waals surface area contributed by atoms with Crippen molar-refractivity contribution in [3.63, 3.8) is 0 Å². The van der Waals surface area contributed by atoms with E-state index in [0.717, 1.165) is 93.7 Å². The van der Waals surface area contributed by atoms with E-state index in [4.69, 9.17) is 65.8 Å². The third-order valence-corrected chi connectivity index (χ3v) is 29.2. The lowest BCUT2D eigenvalue weighted by atomic mass is 9.96. The van der Waals surface area contributed by atoms with Gasteiger partial charge < -0.3 is 72.3 Å². The number of nitrogens with one attached hydrogen (secondary N) is 4. The van der Waals surface area contributed by atoms with Gasteiger partial charge in [0.05, 0.1) is 68.8 Å². The third kappa shape index (κ3) is 49.1. The number of aldehydes is 1. The Morgan fingerprint density at radius 3 is 1.24 bits per heavy atom. The number of nitrogens with two attached hydrogens (primary N) is 2. The topological polar surface area (TPSA) is 515 Å². The van der Waals surface area contributed by atoms with Crippen LogP contribution in [0.25, 0.3) is 21.8 Å². The van der Waals surface area contributed by atoms with Crippen LogP contribution in [0, 0.1) is 57.3 Å². The number of aliphatic hydroxyl groups is 1. The van der Waals surface area contributed by atoms with Crippen LogP contribution in [0.5, 0.6) is 17.2 Å². The quantitative estimate of drug-likeness (QED) is 0.00918. The maximum atomic E-state index is 12.2. The number of anilines is 1. The van der Waals surface area contributed by atoms with E-state index in [2.05, 4.69) is 84.1 Å². The maximum absolute atomic E-state index is 12.2. The summed E-state index contributed by atoms with van der Waals surface area (Å²) in [5.41, 5.74) is 6.98. The van der Waals surface area contributed by atoms with Crippen LogP contribution in [-0.4, -0.2) is 253 Å². The first-order chi connectivity index (χ1) is 65.3. The minimum Gasteiger partial charge on any atom is -0.497 e. The lowest BCUT2D eigenvalue weighted by Crippen LogP contribution is -2.52. The number of primary sulfonamides is 2. The Bertz CT molecular complexity index is 5660. The van der Waals surface area contributed by atoms with E-state index in [-0.39, 0.29) is 92.7 Å². The van der Waals surface area contributed by atoms with Crippen LogP contribution in [0.3, 0.4) is 0 Å². The van der Waals surface area contributed by atoms with E-state index in [1.807, 2.05) is 100 Å². The summed E-state index contributed by atoms with van der Waals surface area (Å²) in [5, 5.41) is 24.2. The number of halogens is 1. The van der Waals surface area contributed by atoms with Crippen LogP contribution in [-0.2, 0) is 102 Å². The van der Waals surface area contributed by atoms with Crippen LogP contribution < -0.4 is 48.9 Å². The number of ether oxygens (including phenoxy) is 6. The van der Waals surface area contributed by atoms with Crippen molar-refractivity contribution in [2.45, 2.75) is 194 Å². The van der Waals surface area contributed by atoms with E-state index >= 15 is 0 Å². The molecule has 0 unspecified atom stereocenters. The molecule has 5 aromatic carbocycles. The van der Waals surface area contributed by atoms with E-state index < -0.39 is 80.0 Å². The summed E-state index contributed by atoms with van der Waals surface area (Å²) in [7, 11) is -16.2. The van der Waals surface area contributed by atoms with Gasteiger partial charge >= 0.3 is 25.9 Å². The van der Waals surface area contributed by atoms with Gasteiger partial charge in [-0.2, -0.15) is 0 Å². The van der Waals surface area contributed by atoms with E-state index in [9.17, 15) is 65.8 Å². The molecule has 0 aliphatic carbocycles. The highest BCUT2D eigenvalue weighted by molar-refractivity contribution is 7.96. The molecule has 7 aromatic rings. The number of nitrogens with zero attached hydrogens (tertiary/aromatic N) is 8. The number of aliphatic hydroxyl groups excluding tert-OH is 1. The number of sulfonamides is 5. The smallest absolute Gasteiger partial charge is 0.410 e. The number of hydrogen-bond acceptors (Lipinski definition) is 30. The van der Waals surface area contributed by atoms with Crippen LogP contribution >= 0.6 is 19.2 Å². The fourth-order valence-electron chi connectivity index (χ4n) is 12.6. The molecule has 45 heteroatoms. The molecule has 38 nitrogen and oxygen atoms in total. The Morgan fingerprint density at radius 1 is 0.518 bits per heavy atom. The molecule has 0 spiro atoms. The number of carbonyl (C=O) groups excluding carboxylic acids is 4. The zero-order chi connectivity index (χ0) is 106. The summed E-state index contributed by atoms with van der Waals surface area (Å²) in [5.74, 6) is 4.39. The first-order valence-electron chi connectivity index (χ1n) is 46.3. The highest BCUT2D eigenvalue weighted by Crippen LogP contribution is 2.49. The fraction of sp³-hybridized carbons (Fsp3) is 0.574. The van der Waals surface area contributed by atoms with Gasteiger partial charge in [0.1, 0.15) is 64.0 Å². The molecule has 0 atom stereocenters. The van der Waals surface area contributed by atoms with Gasteiger partial charge in [0.15, 0.2) is 5.49 Å². The van der Waals surface area contributed by atoms with Gasteiger partial charge in [-0.3, -0.25) is 4.57 Å². The van der Waals surface area contributed by atoms with Gasteiger partial charge in [-0.25, -0.2) is 101 Å². The summed E-state index contributed by atoms with van der Waals surface area (Å²) < 4.78 is 182. The Balaban J connectivity index is 0.000000422. The van der Waals surface area contributed by atoms with Gasteiger partial charge in [0, 0.05) is 102 Å². The standard InChI is InChI=1S/C18H28N2O5S.C18H26N2O5S.C15H20N4O2S.C13H22NO6PS.C10H9ClN2.C9H15NO3.C5H12N2O2S.C2H6O.2C2H6/c2*1-18(2,3)25-17(21)20-12-15(13-20)9-10-26(22,23)19-11-14-5-7-16(24-4)8-6-14;1-10-5-13-14(6-11(10)2)17-9-18-15(13)19-7-12(8-19)3-4-22(16,20)21;1-4-19-21(15,20-5-2)11-22(16,17)14-10-12-6-8-13(18-3)9-7-12;1-6-3-8-9(4-7(6)2)12-5-13-10(8)11;1-9(2,3)13-8(12)10-4-7(5-10)6-11;6-10(8,9)2-1-5-3-7-4-5;1-2-3;2*1-2/h5-8,15,19H,9-13H2,1-4H3;5-10,15,19H,11-13H2,1-4H3;5-6,9,12H,3-4,7-8H2,1-2H3,(H2,16,20,21);6-9,14H,4-5,10-11H2,1-3H3;3-5H,1-2H3;6-7H,4-5H2,1-3H3;5,7H,1-4H2,(H2,6,8,9);3H,2H2,1H3;2*1-2H3/b;10-9+;;;;;;;;/i;;;;;;;;1D;. The number of carbonyl (C=O) groups is 4. The molecule has 139 heavy (non-hydrogen) atoms. The highest BCUT2D eigenvalue weighted by Gasteiger charge is 2.38. The summed E-state index contributed by atoms with van der Waals surface area (Å²) >= 11 is 5.93. The number of amides is 3. The normalized spacial score (nSPS) is 14.8. The molecule has 5 aliphatic heterocycles. The Kier molecular flexibility index (Phi) is 52.2. The number of benzene rings is 5. The lowest BCUT2D eigenvalue weighted by Gasteiger charge is -2.40. The fourth-order valence-corrected chi connectivity index (χ4v) is 20.1. The van der Waals surface area contributed by atoms with Crippen molar-refractivity contribution in [1.82, 2.24) is 54.1 Å². The molecule has 9 N–H and O–H groups in total. The average Bonchev–Trinajstić information content (AvgIpc) is 0.767. The molecule has 782 valence electrons. The molecule has 7 heterocycles. The second kappa shape index (κ2) is 59.3. The van der Waals surface area contributed by atoms with Gasteiger partial charge in [-0.1, -0.05) is 81.7 Å². The molecule has 0 radical (unpaired) electrons. The predicted octanol–water partition coefficient (Wildman–Crippen LogP) is 13.5. The van der Waals surface area contributed by atoms with Crippen molar-refractivity contribution >= 4 is 122 Å². The van der Waals surface area contributed by atoms with Crippen molar-refractivity contribution in [3.8, 4) is 17.2 Å². The van der Waals surface area contributed by atoms with E-state index in [1.165, 1.54) is 33.5 Å². The average molecular weight is 2090 g/mol. The van der Waals surface area contributed by atoms with Crippen molar-refractivity contribution in [2.24, 2.45) is 39.9 Å². The second-order valence-electron chi connectivity index (χ2n) is 35.5. The number of rotatable bonds is 31. The van der Waals surface area contributed by atoms with Crippen LogP contribution in [0.4, 0.5) is 20.2 Å². The van der Waals surface area contributed by atoms with Crippen molar-refractivity contribution < 1.29 is 110 Å². The molecule has 12 rings (SSSR count). The number of likely N-dealkylation sites (tertiary alicyclic amines) is 3. The van der Waals surface area contributed by atoms with Crippen molar-refractivity contribution in [1.29, 1.82) is 0 Å². The molecule has 0 bridgehead atoms. The Morgan fingerprint density at radius 2 is 0.863 bits per heavy atom. The Hall–Kier alpha value is -8.89. The molecular weight excluding hydrogens is 1940 g/mol. The molecule has 0 saturated carbocycles. The third-order valence-electron chi connectivity index (χ3n) is 20.4. The minimum absolute atomic E-state index is 0.00696. The number of fused-ring (bicyclic) bond motifs is 2. The Labute approximate surface area is 830 Å². The van der Waals surface area contributed by atoms with Crippen molar-refractivity contribution in [3.05, 3.63) is 165 Å². The van der Waals surface area contributed by atoms with Crippen LogP contribution in [0.2, 0.25) is 5.15 Å². The predicted molar refractivity (Wildman–Crippen MR) is 546 cm³/mol. The number of methoxy groups -OCH3 is 3. The molecule has 2 aromatic heterocycles. The zero-order valence-corrected chi connectivity index (χ0v) is 90.2. The molecule has 5 aliphatic rings. The largest absolute Gasteiger partial charge is 0.497 e. The monoisotopic (exact) mass is 2090 g/mol.